The van der Waals surface area contributed by atoms with E-state index in [0.29, 0.717) is 34.8 Å². The Bertz CT molecular complexity index is 910. The molecule has 3 rings (SSSR count). The Labute approximate surface area is 170 Å². The maximum atomic E-state index is 10.4. The number of phenolic OH excluding ortho intramolecular Hbond substituents is 1. The smallest absolute Gasteiger partial charge is 0.146 e. The summed E-state index contributed by atoms with van der Waals surface area (Å²) in [6.45, 7) is 3.03. The van der Waals surface area contributed by atoms with Crippen molar-refractivity contribution in [2.75, 3.05) is 19.8 Å². The molecular weight excluding hydrogens is 370 g/mol. The van der Waals surface area contributed by atoms with Crippen LogP contribution in [0.1, 0.15) is 45.4 Å². The van der Waals surface area contributed by atoms with Gasteiger partial charge < -0.3 is 19.7 Å². The highest BCUT2D eigenvalue weighted by atomic mass is 16.5. The summed E-state index contributed by atoms with van der Waals surface area (Å²) in [6.07, 6.45) is 7.25. The Kier molecular flexibility index (Phi) is 7.69. The molecule has 0 aliphatic rings. The zero-order chi connectivity index (χ0) is 20.5. The third-order valence-corrected chi connectivity index (χ3v) is 4.64. The molecule has 156 valence electrons. The van der Waals surface area contributed by atoms with E-state index in [0.717, 1.165) is 12.8 Å². The number of unbranched alkanes of at least 4 members (excludes halogenated alkanes) is 5. The summed E-state index contributed by atoms with van der Waals surface area (Å²) in [4.78, 5) is 1.40. The lowest BCUT2D eigenvalue weighted by atomic mass is 10.1. The van der Waals surface area contributed by atoms with Gasteiger partial charge in [0.2, 0.25) is 0 Å². The van der Waals surface area contributed by atoms with E-state index in [-0.39, 0.29) is 19.0 Å². The number of aromatic hydroxyl groups is 1. The van der Waals surface area contributed by atoms with E-state index in [1.807, 2.05) is 6.07 Å². The van der Waals surface area contributed by atoms with Crippen LogP contribution >= 0.6 is 0 Å². The van der Waals surface area contributed by atoms with Crippen LogP contribution in [0.15, 0.2) is 36.4 Å². The zero-order valence-corrected chi connectivity index (χ0v) is 16.9. The van der Waals surface area contributed by atoms with Gasteiger partial charge in [0, 0.05) is 12.1 Å². The number of nitrogens with zero attached hydrogens (tertiary/aromatic N) is 3. The molecule has 2 N–H and O–H groups in total. The fraction of sp³-hybridized carbons (Fsp3) is 0.455. The van der Waals surface area contributed by atoms with Crippen LogP contribution in [0, 0.1) is 0 Å². The second kappa shape index (κ2) is 10.7. The van der Waals surface area contributed by atoms with Crippen molar-refractivity contribution < 1.29 is 19.7 Å². The van der Waals surface area contributed by atoms with Gasteiger partial charge in [-0.2, -0.15) is 0 Å². The predicted molar refractivity (Wildman–Crippen MR) is 112 cm³/mol. The minimum Gasteiger partial charge on any atom is -0.505 e. The number of aliphatic hydroxyl groups is 1. The Balaban J connectivity index is 1.61. The van der Waals surface area contributed by atoms with Gasteiger partial charge in [-0.05, 0) is 30.7 Å². The lowest BCUT2D eigenvalue weighted by Gasteiger charge is -2.08. The van der Waals surface area contributed by atoms with Gasteiger partial charge in [0.1, 0.15) is 40.6 Å². The van der Waals surface area contributed by atoms with E-state index in [4.69, 9.17) is 14.6 Å². The summed E-state index contributed by atoms with van der Waals surface area (Å²) < 4.78 is 11.1. The van der Waals surface area contributed by atoms with E-state index < -0.39 is 0 Å². The molecule has 1 heterocycles. The number of hydrogen-bond acceptors (Lipinski definition) is 6. The number of benzene rings is 2. The Morgan fingerprint density at radius 1 is 0.828 bits per heavy atom. The molecule has 1 aromatic heterocycles. The Morgan fingerprint density at radius 2 is 1.52 bits per heavy atom. The standard InChI is InChI=1S/C22H29N3O4/c1-2-3-4-5-6-7-13-28-18-9-11-21(22(27)16-18)25-23-19-10-8-17(29-14-12-26)15-20(19)24-25/h8-11,15-16,26-27H,2-7,12-14H2,1H3. The fourth-order valence-electron chi connectivity index (χ4n) is 3.09. The number of aliphatic hydroxyl groups excluding tert-OH is 1. The van der Waals surface area contributed by atoms with Crippen molar-refractivity contribution in [2.45, 2.75) is 45.4 Å². The molecule has 0 radical (unpaired) electrons. The molecule has 0 fully saturated rings. The highest BCUT2D eigenvalue weighted by molar-refractivity contribution is 5.75. The summed E-state index contributed by atoms with van der Waals surface area (Å²) in [6, 6.07) is 10.5. The first-order valence-electron chi connectivity index (χ1n) is 10.3. The number of ether oxygens (including phenoxy) is 2. The highest BCUT2D eigenvalue weighted by Crippen LogP contribution is 2.27. The van der Waals surface area contributed by atoms with Crippen LogP contribution in [-0.2, 0) is 0 Å². The van der Waals surface area contributed by atoms with Gasteiger partial charge in [-0.1, -0.05) is 39.0 Å². The summed E-state index contributed by atoms with van der Waals surface area (Å²) in [5, 5.41) is 28.1. The first-order valence-corrected chi connectivity index (χ1v) is 10.3. The summed E-state index contributed by atoms with van der Waals surface area (Å²) >= 11 is 0. The number of rotatable bonds is 12. The number of aromatic nitrogens is 3. The molecule has 7 heteroatoms. The monoisotopic (exact) mass is 399 g/mol. The fourth-order valence-corrected chi connectivity index (χ4v) is 3.09. The molecule has 0 spiro atoms. The molecule has 0 aliphatic carbocycles. The molecule has 0 aliphatic heterocycles. The van der Waals surface area contributed by atoms with Crippen molar-refractivity contribution >= 4 is 11.0 Å². The first kappa shape index (κ1) is 20.9. The number of phenols is 1. The molecule has 7 nitrogen and oxygen atoms in total. The molecule has 3 aromatic rings. The second-order valence-electron chi connectivity index (χ2n) is 6.98. The average molecular weight is 399 g/mol. The van der Waals surface area contributed by atoms with Crippen molar-refractivity contribution in [3.05, 3.63) is 36.4 Å². The van der Waals surface area contributed by atoms with Crippen LogP contribution in [0.4, 0.5) is 0 Å². The minimum atomic E-state index is -0.0497. The Morgan fingerprint density at radius 3 is 2.31 bits per heavy atom. The van der Waals surface area contributed by atoms with E-state index in [2.05, 4.69) is 17.1 Å². The third-order valence-electron chi connectivity index (χ3n) is 4.64. The van der Waals surface area contributed by atoms with Gasteiger partial charge in [-0.3, -0.25) is 0 Å². The summed E-state index contributed by atoms with van der Waals surface area (Å²) in [5.74, 6) is 1.31. The maximum Gasteiger partial charge on any atom is 0.146 e. The molecule has 0 amide bonds. The Hall–Kier alpha value is -2.80. The molecule has 0 unspecified atom stereocenters. The zero-order valence-electron chi connectivity index (χ0n) is 16.9. The van der Waals surface area contributed by atoms with Crippen molar-refractivity contribution in [1.29, 1.82) is 0 Å². The third kappa shape index (κ3) is 5.84. The number of hydrogen-bond donors (Lipinski definition) is 2. The molecule has 0 saturated carbocycles. The van der Waals surface area contributed by atoms with Crippen LogP contribution in [0.3, 0.4) is 0 Å². The van der Waals surface area contributed by atoms with Crippen LogP contribution < -0.4 is 9.47 Å². The van der Waals surface area contributed by atoms with Crippen molar-refractivity contribution in [3.8, 4) is 22.9 Å². The second-order valence-corrected chi connectivity index (χ2v) is 6.98. The maximum absolute atomic E-state index is 10.4. The lowest BCUT2D eigenvalue weighted by molar-refractivity contribution is 0.201. The summed E-state index contributed by atoms with van der Waals surface area (Å²) in [7, 11) is 0. The van der Waals surface area contributed by atoms with Gasteiger partial charge in [-0.25, -0.2) is 0 Å². The molecule has 0 bridgehead atoms. The quantitative estimate of drug-likeness (QED) is 0.443. The van der Waals surface area contributed by atoms with Crippen molar-refractivity contribution in [1.82, 2.24) is 15.0 Å². The molecular formula is C22H29N3O4. The topological polar surface area (TPSA) is 89.6 Å². The first-order chi connectivity index (χ1) is 14.2. The SMILES string of the molecule is CCCCCCCCOc1ccc(-n2nc3ccc(OCCO)cc3n2)c(O)c1. The van der Waals surface area contributed by atoms with E-state index >= 15 is 0 Å². The van der Waals surface area contributed by atoms with Crippen LogP contribution in [-0.4, -0.2) is 45.0 Å². The van der Waals surface area contributed by atoms with Crippen molar-refractivity contribution in [3.63, 3.8) is 0 Å². The molecule has 2 aromatic carbocycles. The molecule has 0 saturated heterocycles. The minimum absolute atomic E-state index is 0.0497. The number of fused-ring (bicyclic) bond motifs is 1. The van der Waals surface area contributed by atoms with Crippen LogP contribution in [0.2, 0.25) is 0 Å². The van der Waals surface area contributed by atoms with Gasteiger partial charge >= 0.3 is 0 Å². The predicted octanol–water partition coefficient (Wildman–Crippen LogP) is 4.24. The normalized spacial score (nSPS) is 11.1. The van der Waals surface area contributed by atoms with Crippen molar-refractivity contribution in [2.24, 2.45) is 0 Å². The van der Waals surface area contributed by atoms with Gasteiger partial charge in [0.05, 0.1) is 13.2 Å². The van der Waals surface area contributed by atoms with Crippen LogP contribution in [0.25, 0.3) is 16.7 Å². The van der Waals surface area contributed by atoms with E-state index in [1.54, 1.807) is 30.3 Å². The lowest BCUT2D eigenvalue weighted by Crippen LogP contribution is -2.01. The van der Waals surface area contributed by atoms with E-state index in [1.165, 1.54) is 30.5 Å². The van der Waals surface area contributed by atoms with Crippen LogP contribution in [0.5, 0.6) is 17.2 Å². The summed E-state index contributed by atoms with van der Waals surface area (Å²) in [5.41, 5.74) is 1.80. The van der Waals surface area contributed by atoms with E-state index in [9.17, 15) is 5.11 Å². The largest absolute Gasteiger partial charge is 0.505 e. The average Bonchev–Trinajstić information content (AvgIpc) is 3.14. The van der Waals surface area contributed by atoms with Gasteiger partial charge in [0.15, 0.2) is 0 Å². The van der Waals surface area contributed by atoms with Gasteiger partial charge in [-0.15, -0.1) is 15.0 Å². The molecule has 29 heavy (non-hydrogen) atoms. The highest BCUT2D eigenvalue weighted by Gasteiger charge is 2.11. The molecule has 0 atom stereocenters. The van der Waals surface area contributed by atoms with Gasteiger partial charge in [0.25, 0.3) is 0 Å².